The number of carbonyl (C=O) groups is 5. The normalized spacial score (nSPS) is 17.3. The van der Waals surface area contributed by atoms with E-state index in [1.807, 2.05) is 16.8 Å². The lowest BCUT2D eigenvalue weighted by atomic mass is 10.0. The molecule has 2 atom stereocenters. The van der Waals surface area contributed by atoms with Crippen LogP contribution in [0.1, 0.15) is 113 Å². The molecule has 70 heavy (non-hydrogen) atoms. The maximum absolute atomic E-state index is 13.1. The minimum atomic E-state index is -0.726. The van der Waals surface area contributed by atoms with Gasteiger partial charge in [0.1, 0.15) is 35.7 Å². The predicted molar refractivity (Wildman–Crippen MR) is 258 cm³/mol. The van der Waals surface area contributed by atoms with Crippen molar-refractivity contribution in [3.8, 4) is 17.5 Å². The number of halogens is 1. The Balaban J connectivity index is 0.00000722. The second kappa shape index (κ2) is 24.4. The van der Waals surface area contributed by atoms with Gasteiger partial charge in [-0.15, -0.1) is 12.4 Å². The molecule has 21 heteroatoms. The largest absolute Gasteiger partial charge is 0.496 e. The lowest BCUT2D eigenvalue weighted by Gasteiger charge is -2.42. The summed E-state index contributed by atoms with van der Waals surface area (Å²) >= 11 is 0. The first kappa shape index (κ1) is 51.4. The number of nitriles is 1. The molecule has 1 saturated carbocycles. The SMILES string of the molecule is CC[C@@H]1c2c(C#N)ncn2-c2cnc(Cc3ccc(C(=O)NCCOCCOCCOCCNCCC(=O)Nc4cccc5c4CN(C4CCC(=O)NC4=O)C5=O)cc3OC)nc2N1C1CCCC1.Cl. The van der Waals surface area contributed by atoms with Gasteiger partial charge in [-0.3, -0.25) is 33.9 Å². The van der Waals surface area contributed by atoms with Gasteiger partial charge < -0.3 is 44.7 Å². The summed E-state index contributed by atoms with van der Waals surface area (Å²) in [5, 5.41) is 21.1. The van der Waals surface area contributed by atoms with E-state index in [0.29, 0.717) is 111 Å². The molecule has 0 bridgehead atoms. The van der Waals surface area contributed by atoms with E-state index in [4.69, 9.17) is 28.9 Å². The van der Waals surface area contributed by atoms with Crippen LogP contribution in [0.15, 0.2) is 48.9 Å². The van der Waals surface area contributed by atoms with Gasteiger partial charge in [-0.25, -0.2) is 15.0 Å². The van der Waals surface area contributed by atoms with Gasteiger partial charge in [0.05, 0.1) is 64.7 Å². The van der Waals surface area contributed by atoms with E-state index in [0.717, 1.165) is 54.9 Å². The van der Waals surface area contributed by atoms with Gasteiger partial charge >= 0.3 is 0 Å². The molecule has 3 aliphatic heterocycles. The quantitative estimate of drug-likeness (QED) is 0.0608. The van der Waals surface area contributed by atoms with Gasteiger partial charge in [0, 0.05) is 79.4 Å². The van der Waals surface area contributed by atoms with Crippen LogP contribution in [0.2, 0.25) is 0 Å². The van der Waals surface area contributed by atoms with Crippen molar-refractivity contribution in [1.82, 2.24) is 40.4 Å². The summed E-state index contributed by atoms with van der Waals surface area (Å²) in [5.74, 6) is 0.452. The maximum Gasteiger partial charge on any atom is 0.255 e. The third-order valence-electron chi connectivity index (χ3n) is 13.0. The maximum atomic E-state index is 13.1. The van der Waals surface area contributed by atoms with Crippen LogP contribution >= 0.6 is 12.4 Å². The van der Waals surface area contributed by atoms with Crippen molar-refractivity contribution in [3.05, 3.63) is 88.4 Å². The molecule has 4 aromatic rings. The summed E-state index contributed by atoms with van der Waals surface area (Å²) in [4.78, 5) is 80.9. The van der Waals surface area contributed by atoms with Gasteiger partial charge in [-0.1, -0.05) is 31.9 Å². The first-order valence-corrected chi connectivity index (χ1v) is 23.8. The Morgan fingerprint density at radius 1 is 0.943 bits per heavy atom. The molecule has 372 valence electrons. The van der Waals surface area contributed by atoms with Crippen LogP contribution in [0.5, 0.6) is 5.75 Å². The van der Waals surface area contributed by atoms with E-state index in [9.17, 15) is 29.2 Å². The van der Waals surface area contributed by atoms with Crippen molar-refractivity contribution in [3.63, 3.8) is 0 Å². The smallest absolute Gasteiger partial charge is 0.255 e. The van der Waals surface area contributed by atoms with E-state index in [1.165, 1.54) is 4.90 Å². The number of aromatic nitrogens is 4. The molecule has 0 spiro atoms. The Hall–Kier alpha value is -6.50. The molecule has 1 saturated heterocycles. The summed E-state index contributed by atoms with van der Waals surface area (Å²) in [5.41, 5.74) is 5.08. The number of anilines is 2. The molecular formula is C49H60ClN11O9. The number of amides is 5. The Kier molecular flexibility index (Phi) is 17.9. The average molecular weight is 983 g/mol. The fourth-order valence-corrected chi connectivity index (χ4v) is 9.55. The molecule has 5 heterocycles. The number of hydrogen-bond donors (Lipinski definition) is 4. The molecule has 4 aliphatic rings. The van der Waals surface area contributed by atoms with Gasteiger partial charge in [0.25, 0.3) is 11.8 Å². The third kappa shape index (κ3) is 11.7. The molecule has 8 rings (SSSR count). The van der Waals surface area contributed by atoms with E-state index in [-0.39, 0.29) is 67.9 Å². The van der Waals surface area contributed by atoms with Crippen molar-refractivity contribution >= 4 is 53.4 Å². The van der Waals surface area contributed by atoms with Gasteiger partial charge in [-0.05, 0) is 49.9 Å². The Morgan fingerprint density at radius 3 is 2.43 bits per heavy atom. The third-order valence-corrected chi connectivity index (χ3v) is 13.0. The number of benzene rings is 2. The average Bonchev–Trinajstić information content (AvgIpc) is 4.12. The molecule has 4 N–H and O–H groups in total. The molecular weight excluding hydrogens is 922 g/mol. The highest BCUT2D eigenvalue weighted by Gasteiger charge is 2.41. The van der Waals surface area contributed by atoms with Crippen LogP contribution < -0.4 is 30.9 Å². The number of piperidine rings is 1. The second-order valence-corrected chi connectivity index (χ2v) is 17.3. The number of imidazole rings is 1. The van der Waals surface area contributed by atoms with Crippen molar-refractivity contribution in [2.24, 2.45) is 0 Å². The molecule has 0 radical (unpaired) electrons. The molecule has 2 aromatic heterocycles. The first-order chi connectivity index (χ1) is 33.7. The lowest BCUT2D eigenvalue weighted by molar-refractivity contribution is -0.137. The number of fused-ring (bicyclic) bond motifs is 4. The Morgan fingerprint density at radius 2 is 1.70 bits per heavy atom. The van der Waals surface area contributed by atoms with Gasteiger partial charge in [-0.2, -0.15) is 5.26 Å². The Bertz CT molecular complexity index is 2580. The number of imide groups is 1. The number of rotatable bonds is 23. The number of hydrogen-bond acceptors (Lipinski definition) is 15. The molecule has 2 aromatic carbocycles. The van der Waals surface area contributed by atoms with Crippen molar-refractivity contribution in [2.75, 3.05) is 76.6 Å². The second-order valence-electron chi connectivity index (χ2n) is 17.3. The zero-order valence-corrected chi connectivity index (χ0v) is 40.3. The summed E-state index contributed by atoms with van der Waals surface area (Å²) in [6.07, 6.45) is 9.84. The molecule has 5 amide bonds. The fourth-order valence-electron chi connectivity index (χ4n) is 9.55. The molecule has 20 nitrogen and oxygen atoms in total. The van der Waals surface area contributed by atoms with Crippen LogP contribution in [0, 0.1) is 11.3 Å². The minimum absolute atomic E-state index is 0. The molecule has 1 aliphatic carbocycles. The van der Waals surface area contributed by atoms with Crippen LogP contribution in [0.4, 0.5) is 11.5 Å². The molecule has 1 unspecified atom stereocenters. The first-order valence-electron chi connectivity index (χ1n) is 23.8. The van der Waals surface area contributed by atoms with Crippen molar-refractivity contribution < 1.29 is 42.9 Å². The van der Waals surface area contributed by atoms with Crippen LogP contribution in [0.25, 0.3) is 5.69 Å². The van der Waals surface area contributed by atoms with Crippen molar-refractivity contribution in [1.29, 1.82) is 5.26 Å². The van der Waals surface area contributed by atoms with E-state index in [1.54, 1.807) is 43.8 Å². The summed E-state index contributed by atoms with van der Waals surface area (Å²) < 4.78 is 24.5. The number of methoxy groups -OCH3 is 1. The van der Waals surface area contributed by atoms with E-state index >= 15 is 0 Å². The topological polar surface area (TPSA) is 244 Å². The number of ether oxygens (including phenoxy) is 4. The summed E-state index contributed by atoms with van der Waals surface area (Å²) in [6, 6.07) is 12.3. The van der Waals surface area contributed by atoms with Gasteiger partial charge in [0.15, 0.2) is 11.5 Å². The highest BCUT2D eigenvalue weighted by Crippen LogP contribution is 2.44. The highest BCUT2D eigenvalue weighted by atomic mass is 35.5. The highest BCUT2D eigenvalue weighted by molar-refractivity contribution is 6.07. The van der Waals surface area contributed by atoms with E-state index < -0.39 is 11.9 Å². The minimum Gasteiger partial charge on any atom is -0.496 e. The number of nitrogens with zero attached hydrogens (tertiary/aromatic N) is 7. The lowest BCUT2D eigenvalue weighted by Crippen LogP contribution is -2.52. The standard InChI is InChI=1S/C49H59N11O9.ClH/c1-3-38-45-37(27-50)54-30-59(45)40-28-53-42(56-46(40)60(38)33-7-4-5-8-33)26-31-11-12-32(25-41(31)66-2)47(63)52-18-20-68-22-24-69-23-21-67-19-17-51-16-15-44(62)55-36-10-6-9-34-35(36)29-58(49(34)65)39-13-14-43(61)57-48(39)64;/h6,9-12,25,28,30,33,38-39,51H,3-5,7-8,13-24,26,29H2,1-2H3,(H,52,63)(H,55,62)(H,57,61,64);1H/t38-,39?;/m1./s1. The van der Waals surface area contributed by atoms with Crippen molar-refractivity contribution in [2.45, 2.75) is 89.4 Å². The monoisotopic (exact) mass is 981 g/mol. The van der Waals surface area contributed by atoms with Crippen LogP contribution in [-0.2, 0) is 41.6 Å². The van der Waals surface area contributed by atoms with E-state index in [2.05, 4.69) is 44.1 Å². The Labute approximate surface area is 412 Å². The fraction of sp³-hybridized carbons (Fsp3) is 0.490. The number of nitrogens with one attached hydrogen (secondary N) is 4. The van der Waals surface area contributed by atoms with Crippen LogP contribution in [0.3, 0.4) is 0 Å². The molecule has 2 fully saturated rings. The zero-order chi connectivity index (χ0) is 48.3. The summed E-state index contributed by atoms with van der Waals surface area (Å²) in [7, 11) is 1.58. The van der Waals surface area contributed by atoms with Gasteiger partial charge in [0.2, 0.25) is 17.7 Å². The summed E-state index contributed by atoms with van der Waals surface area (Å²) in [6.45, 7) is 5.85. The number of carbonyl (C=O) groups excluding carboxylic acids is 5. The zero-order valence-electron chi connectivity index (χ0n) is 39.5. The van der Waals surface area contributed by atoms with Crippen LogP contribution in [-0.4, -0.2) is 132 Å². The predicted octanol–water partition coefficient (Wildman–Crippen LogP) is 3.93.